The third-order valence-corrected chi connectivity index (χ3v) is 12.3. The molecule has 2 aromatic heterocycles. The highest BCUT2D eigenvalue weighted by Gasteiger charge is 2.42. The zero-order chi connectivity index (χ0) is 42.7. The predicted octanol–water partition coefficient (Wildman–Crippen LogP) is 7.08. The van der Waals surface area contributed by atoms with Crippen LogP contribution in [-0.4, -0.2) is 100 Å². The number of aromatic nitrogens is 4. The molecular formula is C47H48N8O7. The van der Waals surface area contributed by atoms with E-state index >= 15 is 0 Å². The summed E-state index contributed by atoms with van der Waals surface area (Å²) >= 11 is 0. The molecule has 0 saturated carbocycles. The number of amides is 4. The Labute approximate surface area is 358 Å². The van der Waals surface area contributed by atoms with Gasteiger partial charge in [0, 0.05) is 24.6 Å². The number of imidazole rings is 2. The number of nitrogens with zero attached hydrogens (tertiary/aromatic N) is 4. The summed E-state index contributed by atoms with van der Waals surface area (Å²) in [5, 5.41) is 7.62. The quantitative estimate of drug-likeness (QED) is 0.106. The van der Waals surface area contributed by atoms with Crippen molar-refractivity contribution in [1.82, 2.24) is 40.4 Å². The van der Waals surface area contributed by atoms with Crippen molar-refractivity contribution in [2.45, 2.75) is 49.9 Å². The lowest BCUT2D eigenvalue weighted by Crippen LogP contribution is -2.56. The molecule has 3 aliphatic rings. The third kappa shape index (κ3) is 8.10. The Kier molecular flexibility index (Phi) is 11.4. The summed E-state index contributed by atoms with van der Waals surface area (Å²) in [7, 11) is 2.57. The van der Waals surface area contributed by atoms with Crippen LogP contribution in [0.15, 0.2) is 103 Å². The second-order valence-electron chi connectivity index (χ2n) is 16.0. The summed E-state index contributed by atoms with van der Waals surface area (Å²) in [6, 6.07) is 28.1. The number of benzene rings is 4. The molecule has 4 N–H and O–H groups in total. The van der Waals surface area contributed by atoms with Gasteiger partial charge in [0.2, 0.25) is 5.91 Å². The fourth-order valence-corrected chi connectivity index (χ4v) is 8.84. The van der Waals surface area contributed by atoms with Gasteiger partial charge in [0.25, 0.3) is 5.91 Å². The minimum Gasteiger partial charge on any atom is -0.453 e. The van der Waals surface area contributed by atoms with Crippen LogP contribution in [0.3, 0.4) is 0 Å². The third-order valence-electron chi connectivity index (χ3n) is 12.3. The van der Waals surface area contributed by atoms with E-state index in [0.29, 0.717) is 37.7 Å². The van der Waals surface area contributed by atoms with E-state index in [9.17, 15) is 19.2 Å². The van der Waals surface area contributed by atoms with E-state index < -0.39 is 24.3 Å². The van der Waals surface area contributed by atoms with E-state index in [1.807, 2.05) is 41.4 Å². The van der Waals surface area contributed by atoms with Crippen LogP contribution in [0.1, 0.15) is 61.0 Å². The SMILES string of the molecule is COC(=O)NC(C(=O)N1CCCC1c1ncc(-c2ccc(-c3ccc4cc(-c5cnc(C6CCCN6C(=O)C(NC(=O)OC)C6COC6)[nH]5)ccc4c3)cc2)[nH]1)c1ccccc1. The van der Waals surface area contributed by atoms with E-state index in [4.69, 9.17) is 24.2 Å². The van der Waals surface area contributed by atoms with Crippen molar-refractivity contribution >= 4 is 34.8 Å². The monoisotopic (exact) mass is 836 g/mol. The summed E-state index contributed by atoms with van der Waals surface area (Å²) in [6.07, 6.45) is 5.49. The zero-order valence-corrected chi connectivity index (χ0v) is 34.5. The zero-order valence-electron chi connectivity index (χ0n) is 34.5. The molecule has 318 valence electrons. The van der Waals surface area contributed by atoms with E-state index in [0.717, 1.165) is 75.9 Å². The molecule has 3 fully saturated rings. The molecule has 3 aliphatic heterocycles. The van der Waals surface area contributed by atoms with Crippen molar-refractivity contribution in [3.63, 3.8) is 0 Å². The van der Waals surface area contributed by atoms with Gasteiger partial charge in [-0.3, -0.25) is 9.59 Å². The Hall–Kier alpha value is -7.00. The number of nitrogens with one attached hydrogen (secondary N) is 4. The highest BCUT2D eigenvalue weighted by molar-refractivity contribution is 5.91. The van der Waals surface area contributed by atoms with Gasteiger partial charge in [-0.2, -0.15) is 0 Å². The van der Waals surface area contributed by atoms with Crippen molar-refractivity contribution in [3.8, 4) is 33.6 Å². The summed E-state index contributed by atoms with van der Waals surface area (Å²) in [5.74, 6) is 0.959. The van der Waals surface area contributed by atoms with Crippen LogP contribution in [0.4, 0.5) is 9.59 Å². The van der Waals surface area contributed by atoms with Crippen LogP contribution in [0, 0.1) is 5.92 Å². The van der Waals surface area contributed by atoms with Gasteiger partial charge in [0.1, 0.15) is 23.7 Å². The lowest BCUT2D eigenvalue weighted by Gasteiger charge is -2.36. The Morgan fingerprint density at radius 2 is 1.19 bits per heavy atom. The van der Waals surface area contributed by atoms with E-state index in [1.165, 1.54) is 14.2 Å². The van der Waals surface area contributed by atoms with E-state index in [1.54, 1.807) is 11.1 Å². The number of methoxy groups -OCH3 is 2. The second kappa shape index (κ2) is 17.5. The van der Waals surface area contributed by atoms with Crippen LogP contribution in [0.2, 0.25) is 0 Å². The molecule has 15 heteroatoms. The van der Waals surface area contributed by atoms with Gasteiger partial charge in [-0.05, 0) is 70.8 Å². The molecule has 3 saturated heterocycles. The smallest absolute Gasteiger partial charge is 0.407 e. The number of rotatable bonds is 11. The maximum absolute atomic E-state index is 13.9. The van der Waals surface area contributed by atoms with Crippen LogP contribution in [0.25, 0.3) is 44.4 Å². The number of H-pyrrole nitrogens is 2. The van der Waals surface area contributed by atoms with Crippen LogP contribution >= 0.6 is 0 Å². The first-order chi connectivity index (χ1) is 30.3. The highest BCUT2D eigenvalue weighted by Crippen LogP contribution is 2.36. The molecule has 4 atom stereocenters. The number of alkyl carbamates (subject to hydrolysis) is 2. The lowest BCUT2D eigenvalue weighted by atomic mass is 9.96. The normalized spacial score (nSPS) is 18.5. The highest BCUT2D eigenvalue weighted by atomic mass is 16.5. The maximum Gasteiger partial charge on any atom is 0.407 e. The topological polar surface area (TPSA) is 184 Å². The van der Waals surface area contributed by atoms with Crippen LogP contribution < -0.4 is 10.6 Å². The van der Waals surface area contributed by atoms with Crippen LogP contribution in [0.5, 0.6) is 0 Å². The average molecular weight is 837 g/mol. The van der Waals surface area contributed by atoms with E-state index in [-0.39, 0.29) is 29.8 Å². The van der Waals surface area contributed by atoms with Crippen molar-refractivity contribution in [2.75, 3.05) is 40.5 Å². The Morgan fingerprint density at radius 1 is 0.661 bits per heavy atom. The first kappa shape index (κ1) is 40.4. The Balaban J connectivity index is 0.869. The maximum atomic E-state index is 13.9. The van der Waals surface area contributed by atoms with Crippen LogP contribution in [-0.2, 0) is 23.8 Å². The van der Waals surface area contributed by atoms with Crippen molar-refractivity contribution in [1.29, 1.82) is 0 Å². The van der Waals surface area contributed by atoms with Gasteiger partial charge in [0.05, 0.1) is 63.3 Å². The summed E-state index contributed by atoms with van der Waals surface area (Å²) in [5.41, 5.74) is 6.50. The number of carbonyl (C=O) groups excluding carboxylic acids is 4. The number of fused-ring (bicyclic) bond motifs is 1. The lowest BCUT2D eigenvalue weighted by molar-refractivity contribution is -0.142. The predicted molar refractivity (Wildman–Crippen MR) is 230 cm³/mol. The molecule has 4 unspecified atom stereocenters. The Bertz CT molecular complexity index is 2590. The van der Waals surface area contributed by atoms with Gasteiger partial charge in [-0.15, -0.1) is 0 Å². The molecule has 9 rings (SSSR count). The van der Waals surface area contributed by atoms with Gasteiger partial charge in [-0.25, -0.2) is 19.6 Å². The number of hydrogen-bond donors (Lipinski definition) is 4. The van der Waals surface area contributed by atoms with Gasteiger partial charge < -0.3 is 44.6 Å². The molecule has 4 aromatic carbocycles. The number of ether oxygens (including phenoxy) is 3. The van der Waals surface area contributed by atoms with Crippen molar-refractivity contribution in [3.05, 3.63) is 121 Å². The summed E-state index contributed by atoms with van der Waals surface area (Å²) in [4.78, 5) is 72.0. The number of aromatic amines is 2. The van der Waals surface area contributed by atoms with Gasteiger partial charge in [-0.1, -0.05) is 78.9 Å². The molecule has 0 aliphatic carbocycles. The molecule has 62 heavy (non-hydrogen) atoms. The minimum absolute atomic E-state index is 0.0988. The molecule has 4 amide bonds. The molecule has 5 heterocycles. The first-order valence-electron chi connectivity index (χ1n) is 21.0. The molecule has 0 radical (unpaired) electrons. The number of likely N-dealkylation sites (tertiary alicyclic amines) is 2. The second-order valence-corrected chi connectivity index (χ2v) is 16.0. The van der Waals surface area contributed by atoms with Gasteiger partial charge >= 0.3 is 12.2 Å². The molecular weight excluding hydrogens is 789 g/mol. The van der Waals surface area contributed by atoms with E-state index in [2.05, 4.69) is 81.3 Å². The summed E-state index contributed by atoms with van der Waals surface area (Å²) < 4.78 is 15.0. The van der Waals surface area contributed by atoms with Gasteiger partial charge in [0.15, 0.2) is 0 Å². The average Bonchev–Trinajstić information content (AvgIpc) is 4.14. The molecule has 0 bridgehead atoms. The summed E-state index contributed by atoms with van der Waals surface area (Å²) in [6.45, 7) is 1.96. The van der Waals surface area contributed by atoms with Crippen molar-refractivity contribution < 1.29 is 33.4 Å². The first-order valence-corrected chi connectivity index (χ1v) is 21.0. The Morgan fingerprint density at radius 3 is 1.79 bits per heavy atom. The van der Waals surface area contributed by atoms with Crippen molar-refractivity contribution in [2.24, 2.45) is 5.92 Å². The fourth-order valence-electron chi connectivity index (χ4n) is 8.84. The molecule has 0 spiro atoms. The number of hydrogen-bond acceptors (Lipinski definition) is 9. The molecule has 15 nitrogen and oxygen atoms in total. The minimum atomic E-state index is -0.882. The standard InChI is InChI=1S/C47H48N8O7/c1-60-46(58)52-40(30-8-4-3-5-9-30)44(56)54-20-6-10-38(54)42-48-24-36(50-42)29-14-12-28(13-15-29)31-16-17-33-23-34(19-18-32(33)22-31)37-25-49-43(51-37)39-11-7-21-55(39)45(57)41(35-26-62-27-35)53-47(59)61-2/h3-5,8-9,12-19,22-25,35,38-41H,6-7,10-11,20-21,26-27H2,1-2H3,(H,48,50)(H,49,51)(H,52,58)(H,53,59). The largest absolute Gasteiger partial charge is 0.453 e. The number of carbonyl (C=O) groups is 4. The molecule has 6 aromatic rings. The fraction of sp³-hybridized carbons (Fsp3) is 0.319.